The molecular weight excluding hydrogens is 296 g/mol. The first-order valence-corrected chi connectivity index (χ1v) is 6.98. The molecule has 0 saturated heterocycles. The van der Waals surface area contributed by atoms with Gasteiger partial charge in [0, 0.05) is 18.1 Å². The molecule has 0 fully saturated rings. The maximum Gasteiger partial charge on any atom is 0.336 e. The molecule has 1 atom stereocenters. The van der Waals surface area contributed by atoms with E-state index < -0.39 is 12.3 Å². The van der Waals surface area contributed by atoms with E-state index >= 15 is 0 Å². The third-order valence-electron chi connectivity index (χ3n) is 2.95. The minimum atomic E-state index is -0.698. The van der Waals surface area contributed by atoms with Crippen molar-refractivity contribution in [1.82, 2.24) is 0 Å². The molecule has 118 valence electrons. The number of esters is 1. The highest BCUT2D eigenvalue weighted by Gasteiger charge is 2.20. The molecule has 0 aromatic heterocycles. The van der Waals surface area contributed by atoms with Crippen molar-refractivity contribution < 1.29 is 24.2 Å². The molecule has 5 heteroatoms. The van der Waals surface area contributed by atoms with Crippen molar-refractivity contribution in [3.63, 3.8) is 0 Å². The monoisotopic (exact) mass is 312 g/mol. The number of carbonyl (C=O) groups is 2. The van der Waals surface area contributed by atoms with Crippen LogP contribution in [0, 0.1) is 0 Å². The lowest BCUT2D eigenvalue weighted by Gasteiger charge is -2.13. The van der Waals surface area contributed by atoms with E-state index in [9.17, 15) is 9.59 Å². The lowest BCUT2D eigenvalue weighted by molar-refractivity contribution is -0.155. The van der Waals surface area contributed by atoms with Crippen molar-refractivity contribution in [3.8, 4) is 5.75 Å². The van der Waals surface area contributed by atoms with E-state index in [1.54, 1.807) is 19.1 Å². The minimum Gasteiger partial charge on any atom is -0.515 e. The molecule has 5 nitrogen and oxygen atoms in total. The fourth-order valence-corrected chi connectivity index (χ4v) is 1.92. The van der Waals surface area contributed by atoms with Crippen LogP contribution in [-0.2, 0) is 14.3 Å². The Labute approximate surface area is 133 Å². The molecule has 1 unspecified atom stereocenters. The molecule has 2 aliphatic carbocycles. The average Bonchev–Trinajstić information content (AvgIpc) is 3.06. The van der Waals surface area contributed by atoms with Gasteiger partial charge in [0.25, 0.3) is 0 Å². The van der Waals surface area contributed by atoms with Crippen LogP contribution < -0.4 is 4.74 Å². The second-order valence-corrected chi connectivity index (χ2v) is 4.66. The van der Waals surface area contributed by atoms with Gasteiger partial charge in [-0.15, -0.1) is 0 Å². The first kappa shape index (κ1) is 16.3. The Bertz CT molecular complexity index is 671. The van der Waals surface area contributed by atoms with Crippen LogP contribution in [0.4, 0.5) is 0 Å². The van der Waals surface area contributed by atoms with Gasteiger partial charge in [0.15, 0.2) is 5.78 Å². The van der Waals surface area contributed by atoms with Crippen LogP contribution in [0.25, 0.3) is 0 Å². The highest BCUT2D eigenvalue weighted by Crippen LogP contribution is 2.23. The topological polar surface area (TPSA) is 72.8 Å². The third kappa shape index (κ3) is 4.71. The second-order valence-electron chi connectivity index (χ2n) is 4.66. The number of ether oxygens (including phenoxy) is 2. The number of allylic oxidation sites excluding steroid dienone is 6. The lowest BCUT2D eigenvalue weighted by atomic mass is 10.2. The maximum absolute atomic E-state index is 10.9. The summed E-state index contributed by atoms with van der Waals surface area (Å²) in [6, 6.07) is 9.01. The number of aliphatic hydroxyl groups excluding tert-OH is 1. The molecule has 1 aromatic carbocycles. The zero-order valence-corrected chi connectivity index (χ0v) is 12.5. The number of fused-ring (bicyclic) bond motifs is 2. The molecule has 0 amide bonds. The first-order chi connectivity index (χ1) is 11.1. The van der Waals surface area contributed by atoms with Crippen LogP contribution in [0.1, 0.15) is 6.92 Å². The first-order valence-electron chi connectivity index (χ1n) is 6.98. The van der Waals surface area contributed by atoms with E-state index in [2.05, 4.69) is 0 Å². The van der Waals surface area contributed by atoms with E-state index in [1.807, 2.05) is 42.5 Å². The number of rotatable bonds is 4. The van der Waals surface area contributed by atoms with Gasteiger partial charge in [-0.1, -0.05) is 42.5 Å². The number of aliphatic hydroxyl groups is 1. The molecule has 1 aromatic rings. The second kappa shape index (κ2) is 7.79. The number of ketones is 1. The summed E-state index contributed by atoms with van der Waals surface area (Å²) in [5.74, 6) is 0.150. The van der Waals surface area contributed by atoms with Crippen molar-refractivity contribution in [3.05, 3.63) is 78.1 Å². The van der Waals surface area contributed by atoms with Crippen LogP contribution in [-0.4, -0.2) is 23.1 Å². The molecular formula is C18H16O5. The summed E-state index contributed by atoms with van der Waals surface area (Å²) in [5, 5.41) is 8.32. The molecule has 0 radical (unpaired) electrons. The van der Waals surface area contributed by atoms with Gasteiger partial charge < -0.3 is 14.6 Å². The summed E-state index contributed by atoms with van der Waals surface area (Å²) in [4.78, 5) is 21.7. The van der Waals surface area contributed by atoms with Crippen LogP contribution in [0.3, 0.4) is 0 Å². The molecule has 23 heavy (non-hydrogen) atoms. The van der Waals surface area contributed by atoms with Crippen LogP contribution >= 0.6 is 0 Å². The summed E-state index contributed by atoms with van der Waals surface area (Å²) < 4.78 is 10.1. The Morgan fingerprint density at radius 1 is 1.13 bits per heavy atom. The summed E-state index contributed by atoms with van der Waals surface area (Å²) in [5.41, 5.74) is 1.67. The predicted molar refractivity (Wildman–Crippen MR) is 84.7 cm³/mol. The Morgan fingerprint density at radius 3 is 2.17 bits per heavy atom. The number of hydrogen-bond acceptors (Lipinski definition) is 5. The van der Waals surface area contributed by atoms with Crippen LogP contribution in [0.2, 0.25) is 0 Å². The van der Waals surface area contributed by atoms with Crippen molar-refractivity contribution in [2.75, 3.05) is 0 Å². The molecule has 2 bridgehead atoms. The number of benzene rings is 1. The largest absolute Gasteiger partial charge is 0.515 e. The summed E-state index contributed by atoms with van der Waals surface area (Å²) in [6.45, 7) is 1.59. The van der Waals surface area contributed by atoms with Crippen molar-refractivity contribution >= 4 is 11.8 Å². The Kier molecular flexibility index (Phi) is 5.52. The highest BCUT2D eigenvalue weighted by molar-refractivity contribution is 6.17. The smallest absolute Gasteiger partial charge is 0.336 e. The highest BCUT2D eigenvalue weighted by atomic mass is 16.7. The van der Waals surface area contributed by atoms with Gasteiger partial charge in [0.1, 0.15) is 5.75 Å². The van der Waals surface area contributed by atoms with E-state index in [0.717, 1.165) is 17.2 Å². The fraction of sp³-hybridized carbons (Fsp3) is 0.111. The normalized spacial score (nSPS) is 15.6. The number of Topliss-reactive ketones (excluding diaryl/α,β-unsaturated/α-hetero) is 1. The van der Waals surface area contributed by atoms with Gasteiger partial charge in [-0.05, 0) is 12.1 Å². The molecule has 0 heterocycles. The van der Waals surface area contributed by atoms with Gasteiger partial charge >= 0.3 is 5.97 Å². The van der Waals surface area contributed by atoms with Gasteiger partial charge in [0.05, 0.1) is 12.3 Å². The third-order valence-corrected chi connectivity index (χ3v) is 2.95. The van der Waals surface area contributed by atoms with Crippen molar-refractivity contribution in [1.29, 1.82) is 0 Å². The Morgan fingerprint density at radius 2 is 1.74 bits per heavy atom. The molecule has 1 N–H and O–H groups in total. The molecule has 2 aliphatic rings. The zero-order chi connectivity index (χ0) is 16.7. The van der Waals surface area contributed by atoms with Crippen LogP contribution in [0.15, 0.2) is 78.1 Å². The Hall–Kier alpha value is -3.08. The lowest BCUT2D eigenvalue weighted by Crippen LogP contribution is -2.19. The Balaban J connectivity index is 0.000000198. The predicted octanol–water partition coefficient (Wildman–Crippen LogP) is 3.02. The SMILES string of the molecule is CC(OC(=O)C=CO)Oc1ccccc1.O=C1C2=CC=C1C=C2. The van der Waals surface area contributed by atoms with E-state index in [1.165, 1.54) is 0 Å². The molecule has 0 saturated carbocycles. The van der Waals surface area contributed by atoms with Crippen molar-refractivity contribution in [2.24, 2.45) is 0 Å². The molecule has 0 aliphatic heterocycles. The maximum atomic E-state index is 10.9. The number of para-hydroxylation sites is 1. The quantitative estimate of drug-likeness (QED) is 0.400. The van der Waals surface area contributed by atoms with Crippen LogP contribution in [0.5, 0.6) is 5.75 Å². The van der Waals surface area contributed by atoms with E-state index in [4.69, 9.17) is 14.6 Å². The fourth-order valence-electron chi connectivity index (χ4n) is 1.92. The standard InChI is InChI=1S/C11H12O4.C7H4O/c1-9(15-11(13)7-8-12)14-10-5-3-2-4-6-10;8-7-5-1-2-6(7)4-3-5/h2-9,12H,1H3;1-4H. The van der Waals surface area contributed by atoms with E-state index in [-0.39, 0.29) is 5.78 Å². The summed E-state index contributed by atoms with van der Waals surface area (Å²) in [6.07, 6.45) is 8.21. The van der Waals surface area contributed by atoms with Gasteiger partial charge in [-0.2, -0.15) is 0 Å². The minimum absolute atomic E-state index is 0.185. The zero-order valence-electron chi connectivity index (χ0n) is 12.5. The summed E-state index contributed by atoms with van der Waals surface area (Å²) in [7, 11) is 0. The molecule has 0 spiro atoms. The van der Waals surface area contributed by atoms with Gasteiger partial charge in [0.2, 0.25) is 6.29 Å². The average molecular weight is 312 g/mol. The van der Waals surface area contributed by atoms with E-state index in [0.29, 0.717) is 12.0 Å². The summed E-state index contributed by atoms with van der Waals surface area (Å²) >= 11 is 0. The van der Waals surface area contributed by atoms with Crippen molar-refractivity contribution in [2.45, 2.75) is 13.2 Å². The van der Waals surface area contributed by atoms with Gasteiger partial charge in [-0.25, -0.2) is 4.79 Å². The number of hydrogen-bond donors (Lipinski definition) is 1. The molecule has 3 rings (SSSR count). The van der Waals surface area contributed by atoms with Gasteiger partial charge in [-0.3, -0.25) is 4.79 Å². The number of carbonyl (C=O) groups excluding carboxylic acids is 2.